The van der Waals surface area contributed by atoms with Gasteiger partial charge in [-0.2, -0.15) is 0 Å². The number of nitrogens with one attached hydrogen (secondary N) is 2. The Morgan fingerprint density at radius 1 is 1.31 bits per heavy atom. The van der Waals surface area contributed by atoms with E-state index in [1.807, 2.05) is 11.8 Å². The van der Waals surface area contributed by atoms with E-state index in [0.717, 1.165) is 6.42 Å². The summed E-state index contributed by atoms with van der Waals surface area (Å²) in [6.45, 7) is 4.15. The molecule has 1 aliphatic rings. The first-order chi connectivity index (χ1) is 15.0. The van der Waals surface area contributed by atoms with Crippen molar-refractivity contribution in [3.63, 3.8) is 0 Å². The van der Waals surface area contributed by atoms with E-state index in [0.29, 0.717) is 48.5 Å². The zero-order valence-corrected chi connectivity index (χ0v) is 20.9. The van der Waals surface area contributed by atoms with Crippen LogP contribution in [-0.2, 0) is 0 Å². The monoisotopic (exact) mass is 559 g/mol. The van der Waals surface area contributed by atoms with E-state index in [1.54, 1.807) is 44.7 Å². The van der Waals surface area contributed by atoms with Crippen LogP contribution in [0, 0.1) is 5.82 Å². The van der Waals surface area contributed by atoms with Crippen LogP contribution in [0.1, 0.15) is 25.0 Å². The minimum Gasteiger partial charge on any atom is -0.497 e. The predicted molar refractivity (Wildman–Crippen MR) is 134 cm³/mol. The first kappa shape index (κ1) is 25.9. The number of halogens is 2. The molecule has 2 unspecified atom stereocenters. The summed E-state index contributed by atoms with van der Waals surface area (Å²) in [6.07, 6.45) is 1.61. The van der Waals surface area contributed by atoms with Gasteiger partial charge in [-0.15, -0.1) is 24.0 Å². The number of aromatic nitrogens is 1. The largest absolute Gasteiger partial charge is 0.497 e. The van der Waals surface area contributed by atoms with E-state index >= 15 is 0 Å². The lowest BCUT2D eigenvalue weighted by Crippen LogP contribution is -2.45. The summed E-state index contributed by atoms with van der Waals surface area (Å²) in [7, 11) is 3.13. The van der Waals surface area contributed by atoms with Crippen LogP contribution in [0.4, 0.5) is 10.2 Å². The van der Waals surface area contributed by atoms with Crippen LogP contribution in [0.5, 0.6) is 11.5 Å². The summed E-state index contributed by atoms with van der Waals surface area (Å²) < 4.78 is 24.6. The summed E-state index contributed by atoms with van der Waals surface area (Å²) in [5.74, 6) is 1.87. The third-order valence-corrected chi connectivity index (χ3v) is 5.09. The molecule has 3 rings (SSSR count). The smallest absolute Gasteiger partial charge is 0.191 e. The molecule has 1 aromatic heterocycles. The molecule has 0 spiro atoms. The minimum atomic E-state index is -0.817. The van der Waals surface area contributed by atoms with Crippen LogP contribution >= 0.6 is 24.0 Å². The number of aliphatic hydroxyl groups is 1. The van der Waals surface area contributed by atoms with Crippen LogP contribution in [0.3, 0.4) is 0 Å². The van der Waals surface area contributed by atoms with Crippen molar-refractivity contribution in [2.45, 2.75) is 25.5 Å². The zero-order valence-electron chi connectivity index (χ0n) is 18.5. The lowest BCUT2D eigenvalue weighted by Gasteiger charge is -2.20. The Hall–Kier alpha value is -2.34. The van der Waals surface area contributed by atoms with E-state index in [1.165, 1.54) is 6.07 Å². The Bertz CT molecular complexity index is 879. The van der Waals surface area contributed by atoms with E-state index in [2.05, 4.69) is 20.6 Å². The van der Waals surface area contributed by atoms with Crippen molar-refractivity contribution in [2.75, 3.05) is 45.3 Å². The molecule has 176 valence electrons. The normalized spacial score (nSPS) is 16.8. The number of guanidine groups is 1. The molecule has 0 aliphatic carbocycles. The number of benzene rings is 1. The number of aliphatic hydroxyl groups excluding tert-OH is 1. The lowest BCUT2D eigenvalue weighted by atomic mass is 10.1. The highest BCUT2D eigenvalue weighted by Gasteiger charge is 2.26. The molecule has 8 nitrogen and oxygen atoms in total. The van der Waals surface area contributed by atoms with Crippen LogP contribution in [0.2, 0.25) is 0 Å². The summed E-state index contributed by atoms with van der Waals surface area (Å²) >= 11 is 0. The molecule has 0 saturated carbocycles. The molecule has 1 fully saturated rings. The fraction of sp³-hybridized carbons (Fsp3) is 0.455. The highest BCUT2D eigenvalue weighted by Crippen LogP contribution is 2.26. The number of methoxy groups -OCH3 is 2. The molecule has 32 heavy (non-hydrogen) atoms. The maximum absolute atomic E-state index is 14.0. The molecule has 1 aromatic carbocycles. The first-order valence-electron chi connectivity index (χ1n) is 10.3. The van der Waals surface area contributed by atoms with Crippen LogP contribution in [0.15, 0.2) is 41.5 Å². The topological polar surface area (TPSA) is 91.2 Å². The lowest BCUT2D eigenvalue weighted by molar-refractivity contribution is 0.186. The second-order valence-corrected chi connectivity index (χ2v) is 7.27. The number of aliphatic imine (C=N–C) groups is 1. The fourth-order valence-electron chi connectivity index (χ4n) is 3.50. The second kappa shape index (κ2) is 12.6. The summed E-state index contributed by atoms with van der Waals surface area (Å²) in [4.78, 5) is 10.6. The van der Waals surface area contributed by atoms with Crippen molar-refractivity contribution in [3.05, 3.63) is 47.9 Å². The summed E-state index contributed by atoms with van der Waals surface area (Å²) in [5, 5.41) is 17.2. The van der Waals surface area contributed by atoms with Crippen molar-refractivity contribution in [3.8, 4) is 11.5 Å². The molecule has 2 atom stereocenters. The SMILES string of the molecule is CCNC(=NCC(O)c1cc(OC)cc(OC)c1)NC1CCN(c2ncccc2F)C1.I. The van der Waals surface area contributed by atoms with Gasteiger partial charge in [-0.3, -0.25) is 4.99 Å². The van der Waals surface area contributed by atoms with Crippen molar-refractivity contribution >= 4 is 35.8 Å². The van der Waals surface area contributed by atoms with Crippen molar-refractivity contribution in [1.82, 2.24) is 15.6 Å². The Kier molecular flexibility index (Phi) is 10.2. The average Bonchev–Trinajstić information content (AvgIpc) is 3.25. The first-order valence-corrected chi connectivity index (χ1v) is 10.3. The highest BCUT2D eigenvalue weighted by atomic mass is 127. The van der Waals surface area contributed by atoms with Gasteiger partial charge in [0, 0.05) is 37.9 Å². The number of ether oxygens (including phenoxy) is 2. The molecule has 0 radical (unpaired) electrons. The molecule has 1 saturated heterocycles. The Labute approximate surface area is 205 Å². The Morgan fingerprint density at radius 3 is 2.66 bits per heavy atom. The van der Waals surface area contributed by atoms with Crippen LogP contribution in [0.25, 0.3) is 0 Å². The third kappa shape index (κ3) is 6.83. The number of nitrogens with zero attached hydrogens (tertiary/aromatic N) is 3. The standard InChI is InChI=1S/C22H30FN5O3.HI/c1-4-24-22(26-13-20(29)15-10-17(30-2)12-18(11-15)31-3)27-16-7-9-28(14-16)21-19(23)6-5-8-25-21;/h5-6,8,10-12,16,20,29H,4,7,9,13-14H2,1-3H3,(H2,24,26,27);1H. The molecule has 2 aromatic rings. The Morgan fingerprint density at radius 2 is 2.03 bits per heavy atom. The van der Waals surface area contributed by atoms with Gasteiger partial charge in [0.15, 0.2) is 17.6 Å². The molecular formula is C22H31FIN5O3. The van der Waals surface area contributed by atoms with Crippen LogP contribution in [-0.4, -0.2) is 62.5 Å². The number of rotatable bonds is 8. The predicted octanol–water partition coefficient (Wildman–Crippen LogP) is 2.72. The van der Waals surface area contributed by atoms with Gasteiger partial charge in [0.05, 0.1) is 26.9 Å². The molecular weight excluding hydrogens is 528 g/mol. The van der Waals surface area contributed by atoms with Gasteiger partial charge >= 0.3 is 0 Å². The summed E-state index contributed by atoms with van der Waals surface area (Å²) in [5.41, 5.74) is 0.661. The molecule has 0 amide bonds. The van der Waals surface area contributed by atoms with Gasteiger partial charge in [0.25, 0.3) is 0 Å². The number of hydrogen-bond acceptors (Lipinski definition) is 6. The maximum atomic E-state index is 14.0. The summed E-state index contributed by atoms with van der Waals surface area (Å²) in [6, 6.07) is 8.38. The highest BCUT2D eigenvalue weighted by molar-refractivity contribution is 14.0. The van der Waals surface area contributed by atoms with Gasteiger partial charge in [0.1, 0.15) is 11.5 Å². The second-order valence-electron chi connectivity index (χ2n) is 7.27. The number of hydrogen-bond donors (Lipinski definition) is 3. The third-order valence-electron chi connectivity index (χ3n) is 5.09. The van der Waals surface area contributed by atoms with E-state index in [-0.39, 0.29) is 42.4 Å². The maximum Gasteiger partial charge on any atom is 0.191 e. The number of pyridine rings is 1. The van der Waals surface area contributed by atoms with Gasteiger partial charge in [-0.1, -0.05) is 0 Å². The van der Waals surface area contributed by atoms with Crippen molar-refractivity contribution in [1.29, 1.82) is 0 Å². The Balaban J connectivity index is 0.00000363. The van der Waals surface area contributed by atoms with E-state index < -0.39 is 6.10 Å². The molecule has 3 N–H and O–H groups in total. The van der Waals surface area contributed by atoms with Crippen LogP contribution < -0.4 is 25.0 Å². The van der Waals surface area contributed by atoms with E-state index in [9.17, 15) is 9.50 Å². The number of anilines is 1. The van der Waals surface area contributed by atoms with Gasteiger partial charge < -0.3 is 30.1 Å². The van der Waals surface area contributed by atoms with E-state index in [4.69, 9.17) is 9.47 Å². The molecule has 2 heterocycles. The van der Waals surface area contributed by atoms with Gasteiger partial charge in [-0.25, -0.2) is 9.37 Å². The van der Waals surface area contributed by atoms with Crippen molar-refractivity contribution in [2.24, 2.45) is 4.99 Å². The fourth-order valence-corrected chi connectivity index (χ4v) is 3.50. The van der Waals surface area contributed by atoms with Gasteiger partial charge in [-0.05, 0) is 43.2 Å². The average molecular weight is 559 g/mol. The van der Waals surface area contributed by atoms with Gasteiger partial charge in [0.2, 0.25) is 0 Å². The van der Waals surface area contributed by atoms with Crippen molar-refractivity contribution < 1.29 is 19.0 Å². The molecule has 0 bridgehead atoms. The minimum absolute atomic E-state index is 0. The quantitative estimate of drug-likeness (QED) is 0.261. The molecule has 10 heteroatoms. The molecule has 1 aliphatic heterocycles. The zero-order chi connectivity index (χ0) is 22.2.